The van der Waals surface area contributed by atoms with E-state index in [1.807, 2.05) is 13.8 Å². The lowest BCUT2D eigenvalue weighted by Crippen LogP contribution is -2.13. The van der Waals surface area contributed by atoms with Crippen LogP contribution in [0.2, 0.25) is 0 Å². The van der Waals surface area contributed by atoms with Crippen molar-refractivity contribution < 1.29 is 9.50 Å². The van der Waals surface area contributed by atoms with Crippen LogP contribution >= 0.6 is 12.4 Å². The second-order valence-corrected chi connectivity index (χ2v) is 4.21. The summed E-state index contributed by atoms with van der Waals surface area (Å²) in [6.07, 6.45) is 0.671. The Labute approximate surface area is 106 Å². The van der Waals surface area contributed by atoms with E-state index in [4.69, 9.17) is 11.0 Å². The Morgan fingerprint density at radius 2 is 2.06 bits per heavy atom. The van der Waals surface area contributed by atoms with Gasteiger partial charge in [-0.2, -0.15) is 5.26 Å². The molecule has 1 rings (SSSR count). The molecule has 5 heteroatoms. The van der Waals surface area contributed by atoms with E-state index in [2.05, 4.69) is 0 Å². The minimum absolute atomic E-state index is 0. The first-order valence-electron chi connectivity index (χ1n) is 5.14. The number of hydrogen-bond acceptors (Lipinski definition) is 3. The second kappa shape index (κ2) is 6.43. The topological polar surface area (TPSA) is 70.0 Å². The van der Waals surface area contributed by atoms with Crippen LogP contribution in [0.1, 0.15) is 37.4 Å². The van der Waals surface area contributed by atoms with Gasteiger partial charge in [0.1, 0.15) is 23.2 Å². The SMILES string of the molecule is CC(C)C[C@H](N)c1ccc(F)c(C#N)c1O.Cl. The highest BCUT2D eigenvalue weighted by Crippen LogP contribution is 2.31. The van der Waals surface area contributed by atoms with Crippen LogP contribution in [0, 0.1) is 23.1 Å². The summed E-state index contributed by atoms with van der Waals surface area (Å²) >= 11 is 0. The molecule has 0 aromatic heterocycles. The highest BCUT2D eigenvalue weighted by Gasteiger charge is 2.17. The van der Waals surface area contributed by atoms with Crippen molar-refractivity contribution in [3.63, 3.8) is 0 Å². The van der Waals surface area contributed by atoms with Crippen LogP contribution in [-0.2, 0) is 0 Å². The van der Waals surface area contributed by atoms with E-state index in [0.29, 0.717) is 17.9 Å². The van der Waals surface area contributed by atoms with E-state index < -0.39 is 5.82 Å². The highest BCUT2D eigenvalue weighted by molar-refractivity contribution is 5.85. The average Bonchev–Trinajstić information content (AvgIpc) is 2.17. The van der Waals surface area contributed by atoms with Gasteiger partial charge >= 0.3 is 0 Å². The van der Waals surface area contributed by atoms with Crippen LogP contribution in [0.15, 0.2) is 12.1 Å². The molecule has 0 spiro atoms. The molecule has 0 amide bonds. The Balaban J connectivity index is 0.00000256. The van der Waals surface area contributed by atoms with Gasteiger partial charge in [-0.05, 0) is 18.4 Å². The lowest BCUT2D eigenvalue weighted by atomic mass is 9.95. The predicted octanol–water partition coefficient (Wildman–Crippen LogP) is 2.87. The number of phenols is 1. The molecule has 94 valence electrons. The number of hydrogen-bond donors (Lipinski definition) is 2. The van der Waals surface area contributed by atoms with Crippen molar-refractivity contribution in [1.29, 1.82) is 5.26 Å². The van der Waals surface area contributed by atoms with E-state index in [0.717, 1.165) is 6.07 Å². The molecule has 0 aliphatic carbocycles. The summed E-state index contributed by atoms with van der Waals surface area (Å²) in [7, 11) is 0. The number of phenolic OH excluding ortho intramolecular Hbond substituents is 1. The molecule has 0 saturated carbocycles. The summed E-state index contributed by atoms with van der Waals surface area (Å²) < 4.78 is 13.1. The molecule has 3 N–H and O–H groups in total. The third kappa shape index (κ3) is 3.58. The number of nitriles is 1. The van der Waals surface area contributed by atoms with Gasteiger partial charge in [0.25, 0.3) is 0 Å². The second-order valence-electron chi connectivity index (χ2n) is 4.21. The van der Waals surface area contributed by atoms with E-state index in [-0.39, 0.29) is 29.8 Å². The molecule has 0 unspecified atom stereocenters. The molecular weight excluding hydrogens is 243 g/mol. The van der Waals surface area contributed by atoms with Crippen molar-refractivity contribution in [1.82, 2.24) is 0 Å². The van der Waals surface area contributed by atoms with Gasteiger partial charge in [0.05, 0.1) is 0 Å². The molecule has 0 aliphatic heterocycles. The summed E-state index contributed by atoms with van der Waals surface area (Å²) in [4.78, 5) is 0. The Morgan fingerprint density at radius 1 is 1.47 bits per heavy atom. The molecule has 1 atom stereocenters. The summed E-state index contributed by atoms with van der Waals surface area (Å²) in [6.45, 7) is 4.01. The molecule has 1 aromatic rings. The normalized spacial score (nSPS) is 11.8. The Hall–Kier alpha value is -1.31. The maximum absolute atomic E-state index is 13.1. The number of nitrogens with zero attached hydrogens (tertiary/aromatic N) is 1. The molecule has 1 aromatic carbocycles. The van der Waals surface area contributed by atoms with E-state index in [1.165, 1.54) is 6.07 Å². The summed E-state index contributed by atoms with van der Waals surface area (Å²) in [5.41, 5.74) is 5.97. The van der Waals surface area contributed by atoms with Gasteiger partial charge in [-0.1, -0.05) is 19.9 Å². The van der Waals surface area contributed by atoms with Gasteiger partial charge in [0, 0.05) is 11.6 Å². The zero-order chi connectivity index (χ0) is 12.3. The summed E-state index contributed by atoms with van der Waals surface area (Å²) in [5.74, 6) is -0.693. The minimum atomic E-state index is -0.722. The fourth-order valence-electron chi connectivity index (χ4n) is 1.62. The van der Waals surface area contributed by atoms with Crippen LogP contribution in [0.25, 0.3) is 0 Å². The molecular formula is C12H16ClFN2O. The Kier molecular flexibility index (Phi) is 5.94. The molecule has 0 bridgehead atoms. The molecule has 3 nitrogen and oxygen atoms in total. The fourth-order valence-corrected chi connectivity index (χ4v) is 1.62. The Morgan fingerprint density at radius 3 is 2.53 bits per heavy atom. The third-order valence-electron chi connectivity index (χ3n) is 2.39. The molecule has 0 aliphatic rings. The average molecular weight is 259 g/mol. The van der Waals surface area contributed by atoms with Crippen molar-refractivity contribution in [3.8, 4) is 11.8 Å². The van der Waals surface area contributed by atoms with Crippen molar-refractivity contribution in [3.05, 3.63) is 29.1 Å². The summed E-state index contributed by atoms with van der Waals surface area (Å²) in [6, 6.07) is 3.84. The van der Waals surface area contributed by atoms with Crippen LogP contribution in [0.3, 0.4) is 0 Å². The lowest BCUT2D eigenvalue weighted by molar-refractivity contribution is 0.438. The predicted molar refractivity (Wildman–Crippen MR) is 66.4 cm³/mol. The third-order valence-corrected chi connectivity index (χ3v) is 2.39. The van der Waals surface area contributed by atoms with Gasteiger partial charge in [0.2, 0.25) is 0 Å². The van der Waals surface area contributed by atoms with E-state index in [1.54, 1.807) is 6.07 Å². The maximum atomic E-state index is 13.1. The standard InChI is InChI=1S/C12H15FN2O.ClH/c1-7(2)5-11(15)8-3-4-10(13)9(6-14)12(8)16;/h3-4,7,11,16H,5,15H2,1-2H3;1H/t11-;/m0./s1. The number of nitrogens with two attached hydrogens (primary N) is 1. The highest BCUT2D eigenvalue weighted by atomic mass is 35.5. The summed E-state index contributed by atoms with van der Waals surface area (Å²) in [5, 5.41) is 18.4. The largest absolute Gasteiger partial charge is 0.506 e. The monoisotopic (exact) mass is 258 g/mol. The molecule has 0 saturated heterocycles. The van der Waals surface area contributed by atoms with Gasteiger partial charge < -0.3 is 10.8 Å². The van der Waals surface area contributed by atoms with Crippen molar-refractivity contribution in [2.24, 2.45) is 11.7 Å². The van der Waals surface area contributed by atoms with Gasteiger partial charge in [0.15, 0.2) is 0 Å². The van der Waals surface area contributed by atoms with Gasteiger partial charge in [-0.3, -0.25) is 0 Å². The first-order valence-corrected chi connectivity index (χ1v) is 5.14. The zero-order valence-corrected chi connectivity index (χ0v) is 10.6. The smallest absolute Gasteiger partial charge is 0.144 e. The number of benzene rings is 1. The zero-order valence-electron chi connectivity index (χ0n) is 9.77. The van der Waals surface area contributed by atoms with E-state index >= 15 is 0 Å². The first-order chi connectivity index (χ1) is 7.47. The quantitative estimate of drug-likeness (QED) is 0.876. The number of rotatable bonds is 3. The molecule has 0 heterocycles. The van der Waals surface area contributed by atoms with Crippen molar-refractivity contribution >= 4 is 12.4 Å². The first kappa shape index (κ1) is 15.7. The van der Waals surface area contributed by atoms with Gasteiger partial charge in [-0.25, -0.2) is 4.39 Å². The lowest BCUT2D eigenvalue weighted by Gasteiger charge is -2.16. The fraction of sp³-hybridized carbons (Fsp3) is 0.417. The van der Waals surface area contributed by atoms with Crippen molar-refractivity contribution in [2.45, 2.75) is 26.3 Å². The molecule has 17 heavy (non-hydrogen) atoms. The number of aromatic hydroxyl groups is 1. The minimum Gasteiger partial charge on any atom is -0.506 e. The van der Waals surface area contributed by atoms with Gasteiger partial charge in [-0.15, -0.1) is 12.4 Å². The maximum Gasteiger partial charge on any atom is 0.144 e. The number of halogens is 2. The van der Waals surface area contributed by atoms with Crippen LogP contribution in [0.4, 0.5) is 4.39 Å². The van der Waals surface area contributed by atoms with Crippen LogP contribution in [-0.4, -0.2) is 5.11 Å². The van der Waals surface area contributed by atoms with Crippen LogP contribution in [0.5, 0.6) is 5.75 Å². The molecule has 0 radical (unpaired) electrons. The Bertz CT molecular complexity index is 429. The van der Waals surface area contributed by atoms with E-state index in [9.17, 15) is 9.50 Å². The van der Waals surface area contributed by atoms with Crippen molar-refractivity contribution in [2.75, 3.05) is 0 Å². The molecule has 0 fully saturated rings. The van der Waals surface area contributed by atoms with Crippen LogP contribution < -0.4 is 5.73 Å².